The molecule has 0 aliphatic carbocycles. The fraction of sp³-hybridized carbons (Fsp3) is 0.632. The molecule has 0 saturated heterocycles. The van der Waals surface area contributed by atoms with Crippen molar-refractivity contribution < 1.29 is 14.3 Å². The van der Waals surface area contributed by atoms with Crippen LogP contribution in [0.3, 0.4) is 0 Å². The first kappa shape index (κ1) is 20.3. The number of benzene rings is 1. The van der Waals surface area contributed by atoms with E-state index in [-0.39, 0.29) is 5.91 Å². The molecule has 0 saturated carbocycles. The third kappa shape index (κ3) is 8.20. The fourth-order valence-corrected chi connectivity index (χ4v) is 2.47. The van der Waals surface area contributed by atoms with Crippen molar-refractivity contribution in [1.29, 1.82) is 0 Å². The molecule has 0 heterocycles. The van der Waals surface area contributed by atoms with E-state index in [1.807, 2.05) is 18.2 Å². The Morgan fingerprint density at radius 2 is 1.88 bits per heavy atom. The molecule has 5 nitrogen and oxygen atoms in total. The van der Waals surface area contributed by atoms with E-state index in [0.29, 0.717) is 37.6 Å². The lowest BCUT2D eigenvalue weighted by Crippen LogP contribution is -2.22. The van der Waals surface area contributed by atoms with Gasteiger partial charge in [0.05, 0.1) is 7.11 Å². The van der Waals surface area contributed by atoms with Gasteiger partial charge in [0.2, 0.25) is 5.91 Å². The van der Waals surface area contributed by atoms with Gasteiger partial charge in [-0.1, -0.05) is 45.1 Å². The van der Waals surface area contributed by atoms with E-state index < -0.39 is 0 Å². The van der Waals surface area contributed by atoms with Crippen molar-refractivity contribution >= 4 is 5.91 Å². The number of hydrogen-bond acceptors (Lipinski definition) is 4. The highest BCUT2D eigenvalue weighted by Crippen LogP contribution is 2.27. The molecule has 0 atom stereocenters. The maximum absolute atomic E-state index is 11.9. The summed E-state index contributed by atoms with van der Waals surface area (Å²) in [7, 11) is 1.60. The highest BCUT2D eigenvalue weighted by Gasteiger charge is 2.07. The van der Waals surface area contributed by atoms with Gasteiger partial charge in [0.1, 0.15) is 6.61 Å². The van der Waals surface area contributed by atoms with Gasteiger partial charge in [0.15, 0.2) is 11.5 Å². The van der Waals surface area contributed by atoms with Crippen molar-refractivity contribution in [3.63, 3.8) is 0 Å². The topological polar surface area (TPSA) is 73.6 Å². The first-order chi connectivity index (χ1) is 11.7. The van der Waals surface area contributed by atoms with Crippen molar-refractivity contribution in [3.05, 3.63) is 23.8 Å². The smallest absolute Gasteiger partial charge is 0.220 e. The van der Waals surface area contributed by atoms with Crippen molar-refractivity contribution in [2.45, 2.75) is 58.4 Å². The lowest BCUT2D eigenvalue weighted by Gasteiger charge is -2.12. The Hall–Kier alpha value is -1.75. The zero-order valence-corrected chi connectivity index (χ0v) is 15.1. The first-order valence-electron chi connectivity index (χ1n) is 8.97. The summed E-state index contributed by atoms with van der Waals surface area (Å²) >= 11 is 0. The summed E-state index contributed by atoms with van der Waals surface area (Å²) in [5.74, 6) is 1.43. The summed E-state index contributed by atoms with van der Waals surface area (Å²) in [5.41, 5.74) is 6.43. The molecule has 3 N–H and O–H groups in total. The molecule has 24 heavy (non-hydrogen) atoms. The summed E-state index contributed by atoms with van der Waals surface area (Å²) in [6.07, 6.45) is 7.73. The normalized spacial score (nSPS) is 10.5. The largest absolute Gasteiger partial charge is 0.493 e. The molecular formula is C19H32N2O3. The second kappa shape index (κ2) is 12.6. The number of unbranched alkanes of at least 4 members (excludes halogenated alkanes) is 5. The summed E-state index contributed by atoms with van der Waals surface area (Å²) < 4.78 is 10.8. The summed E-state index contributed by atoms with van der Waals surface area (Å²) in [5, 5.41) is 2.96. The van der Waals surface area contributed by atoms with E-state index in [9.17, 15) is 4.79 Å². The van der Waals surface area contributed by atoms with Gasteiger partial charge >= 0.3 is 0 Å². The summed E-state index contributed by atoms with van der Waals surface area (Å²) in [4.78, 5) is 11.9. The SMILES string of the molecule is CCCCCCCCC(=O)NCc1ccc(OCCN)c(OC)c1. The zero-order chi connectivity index (χ0) is 17.6. The van der Waals surface area contributed by atoms with Crippen LogP contribution < -0.4 is 20.5 Å². The predicted octanol–water partition coefficient (Wildman–Crippen LogP) is 3.40. The van der Waals surface area contributed by atoms with Gasteiger partial charge in [-0.05, 0) is 24.1 Å². The van der Waals surface area contributed by atoms with Crippen LogP contribution in [-0.2, 0) is 11.3 Å². The molecule has 0 bridgehead atoms. The first-order valence-corrected chi connectivity index (χ1v) is 8.97. The van der Waals surface area contributed by atoms with Crippen LogP contribution in [0.5, 0.6) is 11.5 Å². The van der Waals surface area contributed by atoms with E-state index in [0.717, 1.165) is 18.4 Å². The van der Waals surface area contributed by atoms with E-state index in [1.165, 1.54) is 25.7 Å². The van der Waals surface area contributed by atoms with Crippen molar-refractivity contribution in [2.24, 2.45) is 5.73 Å². The second-order valence-corrected chi connectivity index (χ2v) is 5.92. The van der Waals surface area contributed by atoms with Crippen LogP contribution in [-0.4, -0.2) is 26.2 Å². The molecular weight excluding hydrogens is 304 g/mol. The van der Waals surface area contributed by atoms with Gasteiger partial charge < -0.3 is 20.5 Å². The third-order valence-electron chi connectivity index (χ3n) is 3.85. The Bertz CT molecular complexity index is 478. The minimum absolute atomic E-state index is 0.105. The van der Waals surface area contributed by atoms with Crippen LogP contribution in [0, 0.1) is 0 Å². The van der Waals surface area contributed by atoms with Gasteiger partial charge in [-0.25, -0.2) is 0 Å². The van der Waals surface area contributed by atoms with Crippen LogP contribution >= 0.6 is 0 Å². The number of nitrogens with one attached hydrogen (secondary N) is 1. The number of rotatable bonds is 13. The van der Waals surface area contributed by atoms with E-state index in [4.69, 9.17) is 15.2 Å². The molecule has 1 aromatic carbocycles. The lowest BCUT2D eigenvalue weighted by molar-refractivity contribution is -0.121. The second-order valence-electron chi connectivity index (χ2n) is 5.92. The third-order valence-corrected chi connectivity index (χ3v) is 3.85. The molecule has 136 valence electrons. The maximum Gasteiger partial charge on any atom is 0.220 e. The maximum atomic E-state index is 11.9. The number of nitrogens with two attached hydrogens (primary N) is 1. The van der Waals surface area contributed by atoms with Crippen molar-refractivity contribution in [1.82, 2.24) is 5.32 Å². The Morgan fingerprint density at radius 1 is 1.12 bits per heavy atom. The zero-order valence-electron chi connectivity index (χ0n) is 15.1. The number of ether oxygens (including phenoxy) is 2. The van der Waals surface area contributed by atoms with Crippen LogP contribution in [0.15, 0.2) is 18.2 Å². The average Bonchev–Trinajstić information content (AvgIpc) is 2.61. The predicted molar refractivity (Wildman–Crippen MR) is 97.4 cm³/mol. The highest BCUT2D eigenvalue weighted by atomic mass is 16.5. The molecule has 1 amide bonds. The average molecular weight is 336 g/mol. The molecule has 0 radical (unpaired) electrons. The van der Waals surface area contributed by atoms with E-state index >= 15 is 0 Å². The molecule has 1 rings (SSSR count). The van der Waals surface area contributed by atoms with Gasteiger partial charge in [-0.2, -0.15) is 0 Å². The molecule has 0 aliphatic rings. The Kier molecular flexibility index (Phi) is 10.7. The van der Waals surface area contributed by atoms with Crippen LogP contribution in [0.25, 0.3) is 0 Å². The number of carbonyl (C=O) groups is 1. The molecule has 0 fully saturated rings. The summed E-state index contributed by atoms with van der Waals surface area (Å²) in [6, 6.07) is 5.67. The standard InChI is InChI=1S/C19H32N2O3/c1-3-4-5-6-7-8-9-19(22)21-15-16-10-11-17(24-13-12-20)18(14-16)23-2/h10-11,14H,3-9,12-13,15,20H2,1-2H3,(H,21,22). The van der Waals surface area contributed by atoms with Crippen LogP contribution in [0.2, 0.25) is 0 Å². The number of hydrogen-bond donors (Lipinski definition) is 2. The number of amides is 1. The molecule has 5 heteroatoms. The van der Waals surface area contributed by atoms with Crippen molar-refractivity contribution in [3.8, 4) is 11.5 Å². The quantitative estimate of drug-likeness (QED) is 0.542. The minimum atomic E-state index is 0.105. The van der Waals surface area contributed by atoms with Crippen molar-refractivity contribution in [2.75, 3.05) is 20.3 Å². The number of carbonyl (C=O) groups excluding carboxylic acids is 1. The molecule has 1 aromatic rings. The molecule has 0 aromatic heterocycles. The van der Waals surface area contributed by atoms with E-state index in [2.05, 4.69) is 12.2 Å². The number of methoxy groups -OCH3 is 1. The van der Waals surface area contributed by atoms with Gasteiger partial charge in [0, 0.05) is 19.5 Å². The Morgan fingerprint density at radius 3 is 2.58 bits per heavy atom. The Balaban J connectivity index is 2.31. The van der Waals surface area contributed by atoms with Gasteiger partial charge in [0.25, 0.3) is 0 Å². The van der Waals surface area contributed by atoms with E-state index in [1.54, 1.807) is 7.11 Å². The van der Waals surface area contributed by atoms with Gasteiger partial charge in [-0.15, -0.1) is 0 Å². The van der Waals surface area contributed by atoms with Crippen LogP contribution in [0.4, 0.5) is 0 Å². The molecule has 0 spiro atoms. The monoisotopic (exact) mass is 336 g/mol. The Labute approximate surface area is 145 Å². The van der Waals surface area contributed by atoms with Gasteiger partial charge in [-0.3, -0.25) is 4.79 Å². The fourth-order valence-electron chi connectivity index (χ4n) is 2.47. The lowest BCUT2D eigenvalue weighted by atomic mass is 10.1. The minimum Gasteiger partial charge on any atom is -0.493 e. The summed E-state index contributed by atoms with van der Waals surface area (Å²) in [6.45, 7) is 3.62. The molecule has 0 unspecified atom stereocenters. The highest BCUT2D eigenvalue weighted by molar-refractivity contribution is 5.75. The molecule has 0 aliphatic heterocycles. The van der Waals surface area contributed by atoms with Crippen LogP contribution in [0.1, 0.15) is 57.4 Å².